The molecule has 10 heteroatoms. The number of carbonyl (C=O) groups is 1. The molecule has 4 rings (SSSR count). The van der Waals surface area contributed by atoms with E-state index in [1.54, 1.807) is 0 Å². The van der Waals surface area contributed by atoms with Gasteiger partial charge in [-0.05, 0) is 97.7 Å². The lowest BCUT2D eigenvalue weighted by Crippen LogP contribution is -2.62. The summed E-state index contributed by atoms with van der Waals surface area (Å²) in [6.45, 7) is 8.78. The van der Waals surface area contributed by atoms with Crippen molar-refractivity contribution in [1.29, 1.82) is 0 Å². The normalized spacial score (nSPS) is 41.0. The minimum Gasteiger partial charge on any atom is -0.748 e. The van der Waals surface area contributed by atoms with E-state index in [0.29, 0.717) is 48.2 Å². The van der Waals surface area contributed by atoms with Gasteiger partial charge in [0.1, 0.15) is 0 Å². The number of hydrogen-bond acceptors (Lipinski definition) is 7. The molecule has 0 spiro atoms. The fourth-order valence-corrected chi connectivity index (χ4v) is 10.8. The molecule has 4 N–H and O–H groups in total. The molecule has 0 aliphatic heterocycles. The van der Waals surface area contributed by atoms with E-state index in [1.165, 1.54) is 0 Å². The summed E-state index contributed by atoms with van der Waals surface area (Å²) in [6, 6.07) is 0. The topological polar surface area (TPSA) is 147 Å². The van der Waals surface area contributed by atoms with Gasteiger partial charge in [-0.15, -0.1) is 0 Å². The Kier molecular flexibility index (Phi) is 10.5. The Bertz CT molecular complexity index is 1050. The Balaban J connectivity index is 1.27. The Hall–Kier alpha value is -0.780. The van der Waals surface area contributed by atoms with E-state index in [2.05, 4.69) is 26.1 Å². The fourth-order valence-electron chi connectivity index (χ4n) is 10.3. The highest BCUT2D eigenvalue weighted by Gasteiger charge is 2.65. The number of nitrogens with zero attached hydrogens (tertiary/aromatic N) is 1. The van der Waals surface area contributed by atoms with Gasteiger partial charge < -0.3 is 29.7 Å². The van der Waals surface area contributed by atoms with Gasteiger partial charge in [-0.1, -0.05) is 20.8 Å². The highest BCUT2D eigenvalue weighted by molar-refractivity contribution is 7.85. The molecular weight excluding hydrogens is 556 g/mol. The van der Waals surface area contributed by atoms with Crippen LogP contribution >= 0.6 is 0 Å². The average molecular weight is 615 g/mol. The molecule has 11 atom stereocenters. The molecule has 4 aliphatic rings. The summed E-state index contributed by atoms with van der Waals surface area (Å²) in [5.41, 5.74) is -0.191. The zero-order valence-electron chi connectivity index (χ0n) is 26.6. The largest absolute Gasteiger partial charge is 0.748 e. The van der Waals surface area contributed by atoms with Crippen molar-refractivity contribution in [1.82, 2.24) is 5.32 Å². The maximum atomic E-state index is 12.7. The molecule has 244 valence electrons. The zero-order chi connectivity index (χ0) is 31.1. The number of amides is 1. The Morgan fingerprint density at radius 1 is 1.02 bits per heavy atom. The molecule has 4 aliphatic carbocycles. The van der Waals surface area contributed by atoms with Gasteiger partial charge in [0.2, 0.25) is 5.91 Å². The predicted octanol–water partition coefficient (Wildman–Crippen LogP) is 2.88. The number of carbonyl (C=O) groups excluding carboxylic acids is 1. The second kappa shape index (κ2) is 12.9. The number of rotatable bonds is 12. The lowest BCUT2D eigenvalue weighted by atomic mass is 9.43. The minimum absolute atomic E-state index is 0.0368. The first-order valence-electron chi connectivity index (χ1n) is 16.5. The Morgan fingerprint density at radius 2 is 1.71 bits per heavy atom. The van der Waals surface area contributed by atoms with Gasteiger partial charge in [0, 0.05) is 31.6 Å². The van der Waals surface area contributed by atoms with Crippen LogP contribution in [0.15, 0.2) is 0 Å². The summed E-state index contributed by atoms with van der Waals surface area (Å²) >= 11 is 0. The fraction of sp³-hybridized carbons (Fsp3) is 0.969. The van der Waals surface area contributed by atoms with E-state index < -0.39 is 16.2 Å². The molecule has 4 saturated carbocycles. The van der Waals surface area contributed by atoms with Crippen molar-refractivity contribution >= 4 is 16.0 Å². The molecule has 0 saturated heterocycles. The minimum atomic E-state index is -4.18. The van der Waals surface area contributed by atoms with Gasteiger partial charge in [-0.2, -0.15) is 0 Å². The molecule has 0 heterocycles. The molecular formula is C32H58N2O7S. The van der Waals surface area contributed by atoms with Crippen LogP contribution in [0.2, 0.25) is 0 Å². The Labute approximate surface area is 254 Å². The van der Waals surface area contributed by atoms with Gasteiger partial charge in [0.05, 0.1) is 55.6 Å². The number of fused-ring (bicyclic) bond motifs is 5. The average Bonchev–Trinajstić information content (AvgIpc) is 3.24. The van der Waals surface area contributed by atoms with E-state index in [9.17, 15) is 33.1 Å². The van der Waals surface area contributed by atoms with Crippen LogP contribution in [0.25, 0.3) is 0 Å². The van der Waals surface area contributed by atoms with Crippen LogP contribution in [0.1, 0.15) is 91.4 Å². The molecule has 4 fully saturated rings. The third-order valence-corrected chi connectivity index (χ3v) is 13.6. The van der Waals surface area contributed by atoms with Crippen LogP contribution < -0.4 is 5.32 Å². The van der Waals surface area contributed by atoms with Crippen molar-refractivity contribution in [3.8, 4) is 0 Å². The summed E-state index contributed by atoms with van der Waals surface area (Å²) in [5, 5.41) is 36.6. The van der Waals surface area contributed by atoms with Crippen LogP contribution in [0.4, 0.5) is 0 Å². The number of aliphatic hydroxyl groups excluding tert-OH is 3. The second-order valence-corrected chi connectivity index (χ2v) is 17.3. The highest BCUT2D eigenvalue weighted by Crippen LogP contribution is 2.68. The van der Waals surface area contributed by atoms with Crippen LogP contribution in [0.5, 0.6) is 0 Å². The number of hydrogen-bond donors (Lipinski definition) is 4. The standard InChI is InChI=1S/C32H58N2O7S/c1-21(8-11-29(38)33-14-6-15-34(4,5)16-7-17-42(39,40)41)24-9-10-25-30-26(20-28(37)32(24,25)3)31(2)13-12-23(35)18-22(31)19-27(30)36/h21-28,30,35-37H,6-20H2,1-5H3,(H-,33,38,39,40,41)/t21-,22?,23?,24-,25+,26+,27?,28?,30+,31+,32-/m1/s1. The third kappa shape index (κ3) is 7.20. The summed E-state index contributed by atoms with van der Waals surface area (Å²) in [7, 11) is -0.177. The van der Waals surface area contributed by atoms with Crippen LogP contribution in [0.3, 0.4) is 0 Å². The molecule has 0 aromatic heterocycles. The summed E-state index contributed by atoms with van der Waals surface area (Å²) in [6.07, 6.45) is 7.35. The van der Waals surface area contributed by atoms with Crippen molar-refractivity contribution in [3.63, 3.8) is 0 Å². The third-order valence-electron chi connectivity index (χ3n) is 12.8. The number of quaternary nitrogens is 1. The number of aliphatic hydroxyl groups is 3. The zero-order valence-corrected chi connectivity index (χ0v) is 27.4. The van der Waals surface area contributed by atoms with Crippen LogP contribution in [-0.4, -0.2) is 96.5 Å². The second-order valence-electron chi connectivity index (χ2n) is 15.7. The quantitative estimate of drug-likeness (QED) is 0.150. The smallest absolute Gasteiger partial charge is 0.220 e. The first-order chi connectivity index (χ1) is 19.5. The summed E-state index contributed by atoms with van der Waals surface area (Å²) in [5.74, 6) is 1.38. The lowest BCUT2D eigenvalue weighted by Gasteiger charge is -2.63. The van der Waals surface area contributed by atoms with Gasteiger partial charge in [0.15, 0.2) is 0 Å². The lowest BCUT2D eigenvalue weighted by molar-refractivity contribution is -0.890. The molecule has 9 nitrogen and oxygen atoms in total. The van der Waals surface area contributed by atoms with E-state index in [4.69, 9.17) is 0 Å². The van der Waals surface area contributed by atoms with Gasteiger partial charge >= 0.3 is 0 Å². The first-order valence-corrected chi connectivity index (χ1v) is 18.1. The molecule has 0 aromatic carbocycles. The van der Waals surface area contributed by atoms with Gasteiger partial charge in [-0.25, -0.2) is 8.42 Å². The van der Waals surface area contributed by atoms with E-state index in [-0.39, 0.29) is 52.5 Å². The molecule has 0 radical (unpaired) electrons. The molecule has 0 aromatic rings. The molecule has 42 heavy (non-hydrogen) atoms. The van der Waals surface area contributed by atoms with Gasteiger partial charge in [0.25, 0.3) is 0 Å². The highest BCUT2D eigenvalue weighted by atomic mass is 32.2. The van der Waals surface area contributed by atoms with Crippen molar-refractivity contribution in [3.05, 3.63) is 0 Å². The van der Waals surface area contributed by atoms with Crippen LogP contribution in [-0.2, 0) is 14.9 Å². The van der Waals surface area contributed by atoms with E-state index in [1.807, 2.05) is 14.1 Å². The maximum absolute atomic E-state index is 12.7. The Morgan fingerprint density at radius 3 is 2.40 bits per heavy atom. The van der Waals surface area contributed by atoms with Crippen LogP contribution in [0, 0.1) is 46.3 Å². The van der Waals surface area contributed by atoms with Crippen molar-refractivity contribution in [2.45, 2.75) is 110 Å². The van der Waals surface area contributed by atoms with Crippen molar-refractivity contribution in [2.75, 3.05) is 39.5 Å². The van der Waals surface area contributed by atoms with E-state index in [0.717, 1.165) is 64.3 Å². The summed E-state index contributed by atoms with van der Waals surface area (Å²) in [4.78, 5) is 12.7. The van der Waals surface area contributed by atoms with Crippen molar-refractivity contribution in [2.24, 2.45) is 46.3 Å². The summed E-state index contributed by atoms with van der Waals surface area (Å²) < 4.78 is 33.1. The maximum Gasteiger partial charge on any atom is 0.220 e. The SMILES string of the molecule is C[C@H](CCC(=O)NCCC[N+](C)(C)CCCS(=O)(=O)[O-])[C@H]1CC[C@H]2[C@@H]3C(O)CC4CC(O)CC[C@]4(C)[C@H]3CC(O)[C@]12C. The van der Waals surface area contributed by atoms with Crippen molar-refractivity contribution < 1.29 is 37.6 Å². The molecule has 4 unspecified atom stereocenters. The first kappa shape index (κ1) is 34.1. The molecule has 1 amide bonds. The molecule has 0 bridgehead atoms. The number of nitrogens with one attached hydrogen (secondary N) is 1. The monoisotopic (exact) mass is 614 g/mol. The van der Waals surface area contributed by atoms with E-state index >= 15 is 0 Å². The predicted molar refractivity (Wildman–Crippen MR) is 161 cm³/mol. The van der Waals surface area contributed by atoms with Gasteiger partial charge in [-0.3, -0.25) is 4.79 Å².